The van der Waals surface area contributed by atoms with Crippen LogP contribution in [0.3, 0.4) is 0 Å². The molecule has 0 amide bonds. The smallest absolute Gasteiger partial charge is 0.161 e. The van der Waals surface area contributed by atoms with Gasteiger partial charge in [-0.1, -0.05) is 191 Å². The summed E-state index contributed by atoms with van der Waals surface area (Å²) < 4.78 is 24.2. The molecule has 0 radical (unpaired) electrons. The average Bonchev–Trinajstić information content (AvgIpc) is 3.44. The minimum Gasteiger partial charge on any atom is -0.455 e. The van der Waals surface area contributed by atoms with Gasteiger partial charge >= 0.3 is 0 Å². The number of hydrogen-bond acceptors (Lipinski definition) is 8. The number of para-hydroxylation sites is 4. The fraction of sp³-hybridized carbons (Fsp3) is 0.105. The molecular weight excluding hydrogens is 1030 g/mol. The standard InChI is InChI=1S/4C19H15NO/c1-2-13-6-8-14(9-7-13)15-4-3-5-17-16-10-11-20-12-18(16)21-19(15)17;1-2-13-6-8-14(9-7-13)15-4-3-5-16-17-12-20-11-10-18(17)21-19(15)16;1-2-13-7-9-14(10-8-13)16-11-20-12-17-15-5-3-4-6-18(15)21-19(16)17;1-2-13-7-9-14(10-8-13)15-11-12-20-18-16-5-3-4-6-17(16)21-19(15)18/h4*3-12H,2H2,1H3. The minimum atomic E-state index is 0.838. The molecule has 8 aromatic heterocycles. The van der Waals surface area contributed by atoms with Gasteiger partial charge in [-0.2, -0.15) is 0 Å². The van der Waals surface area contributed by atoms with Crippen LogP contribution >= 0.6 is 0 Å². The summed E-state index contributed by atoms with van der Waals surface area (Å²) in [4.78, 5) is 17.2. The molecule has 0 N–H and O–H groups in total. The van der Waals surface area contributed by atoms with E-state index in [1.165, 1.54) is 38.9 Å². The number of rotatable bonds is 8. The van der Waals surface area contributed by atoms with Crippen LogP contribution in [0.1, 0.15) is 49.9 Å². The monoisotopic (exact) mass is 1090 g/mol. The molecule has 8 aromatic carbocycles. The van der Waals surface area contributed by atoms with Crippen LogP contribution in [0.4, 0.5) is 0 Å². The Morgan fingerprint density at radius 2 is 0.667 bits per heavy atom. The Bertz CT molecular complexity index is 4310. The minimum absolute atomic E-state index is 0.838. The summed E-state index contributed by atoms with van der Waals surface area (Å²) in [6.07, 6.45) is 17.0. The van der Waals surface area contributed by atoms with E-state index in [2.05, 4.69) is 193 Å². The lowest BCUT2D eigenvalue weighted by atomic mass is 10.0. The molecule has 8 heterocycles. The van der Waals surface area contributed by atoms with Gasteiger partial charge in [0.1, 0.15) is 39.0 Å². The highest BCUT2D eigenvalue weighted by molar-refractivity contribution is 6.11. The van der Waals surface area contributed by atoms with Crippen molar-refractivity contribution in [2.45, 2.75) is 53.4 Å². The summed E-state index contributed by atoms with van der Waals surface area (Å²) in [5.41, 5.74) is 22.6. The Morgan fingerprint density at radius 3 is 1.24 bits per heavy atom. The summed E-state index contributed by atoms with van der Waals surface area (Å²) in [6.45, 7) is 8.67. The van der Waals surface area contributed by atoms with Crippen LogP contribution in [-0.2, 0) is 25.7 Å². The Kier molecular flexibility index (Phi) is 14.8. The van der Waals surface area contributed by atoms with Gasteiger partial charge in [0.15, 0.2) is 11.2 Å². The Morgan fingerprint density at radius 1 is 0.262 bits per heavy atom. The highest BCUT2D eigenvalue weighted by atomic mass is 16.3. The van der Waals surface area contributed by atoms with E-state index in [0.717, 1.165) is 141 Å². The Balaban J connectivity index is 0.000000104. The zero-order valence-corrected chi connectivity index (χ0v) is 47.3. The van der Waals surface area contributed by atoms with E-state index in [9.17, 15) is 0 Å². The van der Waals surface area contributed by atoms with E-state index in [-0.39, 0.29) is 0 Å². The summed E-state index contributed by atoms with van der Waals surface area (Å²) in [5.74, 6) is 0. The highest BCUT2D eigenvalue weighted by Gasteiger charge is 2.16. The molecule has 0 unspecified atom stereocenters. The average molecular weight is 1090 g/mol. The first-order valence-electron chi connectivity index (χ1n) is 28.9. The van der Waals surface area contributed by atoms with Crippen molar-refractivity contribution in [1.82, 2.24) is 19.9 Å². The molecule has 16 aromatic rings. The quantitative estimate of drug-likeness (QED) is 0.148. The predicted molar refractivity (Wildman–Crippen MR) is 345 cm³/mol. The molecule has 8 nitrogen and oxygen atoms in total. The number of hydrogen-bond donors (Lipinski definition) is 0. The molecule has 0 atom stereocenters. The van der Waals surface area contributed by atoms with Crippen molar-refractivity contribution in [2.24, 2.45) is 0 Å². The van der Waals surface area contributed by atoms with Gasteiger partial charge in [-0.15, -0.1) is 0 Å². The lowest BCUT2D eigenvalue weighted by Gasteiger charge is -2.04. The van der Waals surface area contributed by atoms with E-state index >= 15 is 0 Å². The van der Waals surface area contributed by atoms with E-state index < -0.39 is 0 Å². The van der Waals surface area contributed by atoms with E-state index in [4.69, 9.17) is 17.7 Å². The lowest BCUT2D eigenvalue weighted by Crippen LogP contribution is -1.83. The molecule has 0 bridgehead atoms. The van der Waals surface area contributed by atoms with Gasteiger partial charge < -0.3 is 17.7 Å². The number of nitrogens with zero attached hydrogens (tertiary/aromatic N) is 4. The molecular formula is C76H60N4O4. The third kappa shape index (κ3) is 10.3. The van der Waals surface area contributed by atoms with Crippen molar-refractivity contribution in [2.75, 3.05) is 0 Å². The van der Waals surface area contributed by atoms with Crippen molar-refractivity contribution < 1.29 is 17.7 Å². The molecule has 408 valence electrons. The first-order chi connectivity index (χ1) is 41.5. The number of benzene rings is 8. The van der Waals surface area contributed by atoms with Crippen LogP contribution in [0.2, 0.25) is 0 Å². The van der Waals surface area contributed by atoms with Crippen LogP contribution < -0.4 is 0 Å². The van der Waals surface area contributed by atoms with Crippen molar-refractivity contribution in [3.63, 3.8) is 0 Å². The fourth-order valence-electron chi connectivity index (χ4n) is 11.1. The number of aromatic nitrogens is 4. The molecule has 84 heavy (non-hydrogen) atoms. The van der Waals surface area contributed by atoms with Crippen LogP contribution in [0.5, 0.6) is 0 Å². The third-order valence-corrected chi connectivity index (χ3v) is 15.8. The Labute approximate surface area is 486 Å². The topological polar surface area (TPSA) is 104 Å². The molecule has 0 fully saturated rings. The SMILES string of the molecule is CCc1ccc(-c2cccc3c2oc2ccncc23)cc1.CCc1ccc(-c2cccc3c2oc2cnccc23)cc1.CCc1ccc(-c2ccnc3c2oc2ccccc23)cc1.CCc1ccc(-c2cncc3c2oc2ccccc23)cc1. The number of aryl methyl sites for hydroxylation is 4. The van der Waals surface area contributed by atoms with Crippen molar-refractivity contribution in [3.05, 3.63) is 266 Å². The molecule has 0 spiro atoms. The van der Waals surface area contributed by atoms with E-state index in [0.29, 0.717) is 0 Å². The van der Waals surface area contributed by atoms with E-state index in [1.807, 2.05) is 79.4 Å². The zero-order valence-electron chi connectivity index (χ0n) is 47.3. The fourth-order valence-corrected chi connectivity index (χ4v) is 11.1. The van der Waals surface area contributed by atoms with Gasteiger partial charge in [-0.05, 0) is 107 Å². The largest absolute Gasteiger partial charge is 0.455 e. The van der Waals surface area contributed by atoms with Gasteiger partial charge in [-0.3, -0.25) is 19.9 Å². The highest BCUT2D eigenvalue weighted by Crippen LogP contribution is 2.39. The number of furan rings is 4. The van der Waals surface area contributed by atoms with Crippen LogP contribution in [0.15, 0.2) is 261 Å². The molecule has 0 aliphatic heterocycles. The summed E-state index contributed by atoms with van der Waals surface area (Å²) >= 11 is 0. The van der Waals surface area contributed by atoms with Gasteiger partial charge in [0.2, 0.25) is 0 Å². The lowest BCUT2D eigenvalue weighted by molar-refractivity contribution is 0.668. The second-order valence-electron chi connectivity index (χ2n) is 20.8. The van der Waals surface area contributed by atoms with Gasteiger partial charge in [0.05, 0.1) is 6.20 Å². The molecule has 0 saturated heterocycles. The first-order valence-corrected chi connectivity index (χ1v) is 28.9. The molecule has 8 heteroatoms. The molecule has 0 aliphatic carbocycles. The zero-order chi connectivity index (χ0) is 56.9. The normalized spacial score (nSPS) is 11.3. The number of pyridine rings is 4. The van der Waals surface area contributed by atoms with Crippen LogP contribution in [0.25, 0.3) is 132 Å². The first kappa shape index (κ1) is 52.9. The second-order valence-corrected chi connectivity index (χ2v) is 20.8. The van der Waals surface area contributed by atoms with Crippen LogP contribution in [-0.4, -0.2) is 19.9 Å². The van der Waals surface area contributed by atoms with Crippen molar-refractivity contribution in [1.29, 1.82) is 0 Å². The van der Waals surface area contributed by atoms with Gasteiger partial charge in [-0.25, -0.2) is 0 Å². The van der Waals surface area contributed by atoms with Gasteiger partial charge in [0, 0.05) is 97.1 Å². The summed E-state index contributed by atoms with van der Waals surface area (Å²) in [5, 5.41) is 7.71. The van der Waals surface area contributed by atoms with Crippen molar-refractivity contribution >= 4 is 87.9 Å². The van der Waals surface area contributed by atoms with E-state index in [1.54, 1.807) is 18.6 Å². The molecule has 0 aliphatic rings. The maximum atomic E-state index is 6.05. The maximum Gasteiger partial charge on any atom is 0.161 e. The Hall–Kier alpha value is -10.4. The predicted octanol–water partition coefficient (Wildman–Crippen LogP) is 20.8. The van der Waals surface area contributed by atoms with Gasteiger partial charge in [0.25, 0.3) is 0 Å². The second kappa shape index (κ2) is 23.6. The maximum absolute atomic E-state index is 6.05. The molecule has 16 rings (SSSR count). The third-order valence-electron chi connectivity index (χ3n) is 15.8. The molecule has 0 saturated carbocycles. The van der Waals surface area contributed by atoms with Crippen molar-refractivity contribution in [3.8, 4) is 44.5 Å². The summed E-state index contributed by atoms with van der Waals surface area (Å²) in [7, 11) is 0. The summed E-state index contributed by atoms with van der Waals surface area (Å²) in [6, 6.07) is 69.3. The van der Waals surface area contributed by atoms with Crippen LogP contribution in [0, 0.1) is 0 Å². The number of fused-ring (bicyclic) bond motifs is 12.